The number of carboxylic acids is 1. The standard InChI is InChI=1S/C17H17NO2/c19-17(20)15-10-11-16(14-9-5-4-8-13(14)15)18-12-6-2-1-3-7-12/h1-2,4-5,8-12,18H,3,6-7H2,(H,19,20). The van der Waals surface area contributed by atoms with Crippen LogP contribution in [0.3, 0.4) is 0 Å². The average molecular weight is 267 g/mol. The van der Waals surface area contributed by atoms with Crippen molar-refractivity contribution < 1.29 is 9.90 Å². The number of carbonyl (C=O) groups is 1. The van der Waals surface area contributed by atoms with Crippen LogP contribution >= 0.6 is 0 Å². The summed E-state index contributed by atoms with van der Waals surface area (Å²) in [7, 11) is 0. The van der Waals surface area contributed by atoms with Crippen LogP contribution in [0.2, 0.25) is 0 Å². The van der Waals surface area contributed by atoms with Crippen LogP contribution in [0.4, 0.5) is 5.69 Å². The van der Waals surface area contributed by atoms with Crippen molar-refractivity contribution in [1.29, 1.82) is 0 Å². The summed E-state index contributed by atoms with van der Waals surface area (Å²) in [6, 6.07) is 11.7. The summed E-state index contributed by atoms with van der Waals surface area (Å²) in [6.45, 7) is 0. The molecule has 0 aliphatic heterocycles. The Labute approximate surface area is 117 Å². The normalized spacial score (nSPS) is 18.1. The van der Waals surface area contributed by atoms with Crippen LogP contribution in [0.5, 0.6) is 0 Å². The Hall–Kier alpha value is -2.29. The molecule has 0 aromatic heterocycles. The summed E-state index contributed by atoms with van der Waals surface area (Å²) in [5.74, 6) is -0.881. The molecule has 0 amide bonds. The van der Waals surface area contributed by atoms with E-state index in [1.54, 1.807) is 6.07 Å². The molecule has 2 N–H and O–H groups in total. The van der Waals surface area contributed by atoms with Crippen molar-refractivity contribution >= 4 is 22.4 Å². The van der Waals surface area contributed by atoms with Crippen LogP contribution in [0, 0.1) is 0 Å². The molecular weight excluding hydrogens is 250 g/mol. The van der Waals surface area contributed by atoms with E-state index in [-0.39, 0.29) is 0 Å². The quantitative estimate of drug-likeness (QED) is 0.824. The van der Waals surface area contributed by atoms with E-state index in [0.717, 1.165) is 35.7 Å². The number of aromatic carboxylic acids is 1. The molecule has 1 aliphatic rings. The van der Waals surface area contributed by atoms with Gasteiger partial charge in [0.05, 0.1) is 5.56 Å². The molecular formula is C17H17NO2. The first-order chi connectivity index (χ1) is 9.75. The Balaban J connectivity index is 2.01. The van der Waals surface area contributed by atoms with Crippen molar-refractivity contribution in [3.8, 4) is 0 Å². The molecule has 3 rings (SSSR count). The van der Waals surface area contributed by atoms with E-state index in [9.17, 15) is 9.90 Å². The third-order valence-corrected chi connectivity index (χ3v) is 3.78. The molecule has 20 heavy (non-hydrogen) atoms. The summed E-state index contributed by atoms with van der Waals surface area (Å²) in [5, 5.41) is 14.6. The third kappa shape index (κ3) is 2.39. The first kappa shape index (κ1) is 12.7. The van der Waals surface area contributed by atoms with E-state index in [0.29, 0.717) is 11.6 Å². The number of rotatable bonds is 3. The van der Waals surface area contributed by atoms with Crippen LogP contribution in [0.1, 0.15) is 29.6 Å². The van der Waals surface area contributed by atoms with Crippen LogP contribution in [0.15, 0.2) is 48.6 Å². The first-order valence-electron chi connectivity index (χ1n) is 6.92. The molecule has 1 aliphatic carbocycles. The molecule has 0 radical (unpaired) electrons. The molecule has 3 heteroatoms. The van der Waals surface area contributed by atoms with Gasteiger partial charge >= 0.3 is 5.97 Å². The number of allylic oxidation sites excluding steroid dienone is 1. The van der Waals surface area contributed by atoms with E-state index in [4.69, 9.17) is 0 Å². The second kappa shape index (κ2) is 5.37. The zero-order valence-corrected chi connectivity index (χ0v) is 11.2. The van der Waals surface area contributed by atoms with Gasteiger partial charge in [-0.2, -0.15) is 0 Å². The smallest absolute Gasteiger partial charge is 0.336 e. The third-order valence-electron chi connectivity index (χ3n) is 3.78. The van der Waals surface area contributed by atoms with Crippen molar-refractivity contribution in [3.63, 3.8) is 0 Å². The number of hydrogen-bond acceptors (Lipinski definition) is 2. The Kier molecular flexibility index (Phi) is 3.42. The minimum Gasteiger partial charge on any atom is -0.478 e. The van der Waals surface area contributed by atoms with E-state index in [2.05, 4.69) is 17.5 Å². The van der Waals surface area contributed by atoms with Crippen molar-refractivity contribution in [2.24, 2.45) is 0 Å². The highest BCUT2D eigenvalue weighted by molar-refractivity contribution is 6.07. The Morgan fingerprint density at radius 1 is 1.10 bits per heavy atom. The molecule has 102 valence electrons. The van der Waals surface area contributed by atoms with Crippen molar-refractivity contribution in [1.82, 2.24) is 0 Å². The molecule has 3 nitrogen and oxygen atoms in total. The van der Waals surface area contributed by atoms with Gasteiger partial charge in [0.1, 0.15) is 0 Å². The van der Waals surface area contributed by atoms with Gasteiger partial charge in [-0.15, -0.1) is 0 Å². The largest absolute Gasteiger partial charge is 0.478 e. The van der Waals surface area contributed by atoms with Gasteiger partial charge in [0.15, 0.2) is 0 Å². The predicted octanol–water partition coefficient (Wildman–Crippen LogP) is 4.06. The van der Waals surface area contributed by atoms with E-state index >= 15 is 0 Å². The molecule has 0 saturated carbocycles. The van der Waals surface area contributed by atoms with Gasteiger partial charge in [0.2, 0.25) is 0 Å². The molecule has 2 aromatic carbocycles. The van der Waals surface area contributed by atoms with Crippen LogP contribution in [-0.2, 0) is 0 Å². The van der Waals surface area contributed by atoms with Gasteiger partial charge in [-0.25, -0.2) is 4.79 Å². The maximum atomic E-state index is 11.3. The number of hydrogen-bond donors (Lipinski definition) is 2. The SMILES string of the molecule is O=C(O)c1ccc(NC2CC=CCC2)c2ccccc12. The van der Waals surface area contributed by atoms with Crippen molar-refractivity contribution in [2.75, 3.05) is 5.32 Å². The van der Waals surface area contributed by atoms with Gasteiger partial charge in [0.25, 0.3) is 0 Å². The van der Waals surface area contributed by atoms with Crippen LogP contribution < -0.4 is 5.32 Å². The highest BCUT2D eigenvalue weighted by Crippen LogP contribution is 2.28. The molecule has 1 atom stereocenters. The number of anilines is 1. The van der Waals surface area contributed by atoms with Crippen molar-refractivity contribution in [3.05, 3.63) is 54.1 Å². The Bertz CT molecular complexity index is 676. The zero-order chi connectivity index (χ0) is 13.9. The zero-order valence-electron chi connectivity index (χ0n) is 11.2. The van der Waals surface area contributed by atoms with Crippen molar-refractivity contribution in [2.45, 2.75) is 25.3 Å². The number of fused-ring (bicyclic) bond motifs is 1. The summed E-state index contributed by atoms with van der Waals surface area (Å²) < 4.78 is 0. The lowest BCUT2D eigenvalue weighted by Crippen LogP contribution is -2.20. The lowest BCUT2D eigenvalue weighted by molar-refractivity contribution is 0.0699. The van der Waals surface area contributed by atoms with Gasteiger partial charge < -0.3 is 10.4 Å². The number of benzene rings is 2. The second-order valence-corrected chi connectivity index (χ2v) is 5.14. The minimum absolute atomic E-state index is 0.356. The summed E-state index contributed by atoms with van der Waals surface area (Å²) >= 11 is 0. The molecule has 0 spiro atoms. The van der Waals surface area contributed by atoms with E-state index in [1.165, 1.54) is 0 Å². The van der Waals surface area contributed by atoms with Gasteiger partial charge in [-0.1, -0.05) is 36.4 Å². The fourth-order valence-electron chi connectivity index (χ4n) is 2.76. The molecule has 0 bridgehead atoms. The molecule has 0 heterocycles. The predicted molar refractivity (Wildman–Crippen MR) is 81.3 cm³/mol. The lowest BCUT2D eigenvalue weighted by Gasteiger charge is -2.22. The molecule has 0 fully saturated rings. The fraction of sp³-hybridized carbons (Fsp3) is 0.235. The highest BCUT2D eigenvalue weighted by Gasteiger charge is 2.14. The highest BCUT2D eigenvalue weighted by atomic mass is 16.4. The van der Waals surface area contributed by atoms with E-state index < -0.39 is 5.97 Å². The average Bonchev–Trinajstić information content (AvgIpc) is 2.48. The Morgan fingerprint density at radius 2 is 1.90 bits per heavy atom. The summed E-state index contributed by atoms with van der Waals surface area (Å²) in [4.78, 5) is 11.3. The number of nitrogens with one attached hydrogen (secondary N) is 1. The number of carboxylic acid groups (broad SMARTS) is 1. The second-order valence-electron chi connectivity index (χ2n) is 5.14. The summed E-state index contributed by atoms with van der Waals surface area (Å²) in [6.07, 6.45) is 7.65. The van der Waals surface area contributed by atoms with Crippen LogP contribution in [0.25, 0.3) is 10.8 Å². The minimum atomic E-state index is -0.881. The maximum absolute atomic E-state index is 11.3. The topological polar surface area (TPSA) is 49.3 Å². The van der Waals surface area contributed by atoms with E-state index in [1.807, 2.05) is 30.3 Å². The van der Waals surface area contributed by atoms with Gasteiger partial charge in [-0.3, -0.25) is 0 Å². The van der Waals surface area contributed by atoms with Crippen LogP contribution in [-0.4, -0.2) is 17.1 Å². The Morgan fingerprint density at radius 3 is 2.60 bits per heavy atom. The first-order valence-corrected chi connectivity index (χ1v) is 6.92. The molecule has 0 saturated heterocycles. The monoisotopic (exact) mass is 267 g/mol. The molecule has 2 aromatic rings. The van der Waals surface area contributed by atoms with Gasteiger partial charge in [-0.05, 0) is 36.8 Å². The molecule has 1 unspecified atom stereocenters. The lowest BCUT2D eigenvalue weighted by atomic mass is 9.99. The van der Waals surface area contributed by atoms with Gasteiger partial charge in [0, 0.05) is 17.1 Å². The fourth-order valence-corrected chi connectivity index (χ4v) is 2.76. The maximum Gasteiger partial charge on any atom is 0.336 e. The summed E-state index contributed by atoms with van der Waals surface area (Å²) in [5.41, 5.74) is 1.38.